The molecule has 1 N–H and O–H groups in total. The van der Waals surface area contributed by atoms with Crippen LogP contribution in [0.4, 0.5) is 5.69 Å². The summed E-state index contributed by atoms with van der Waals surface area (Å²) in [6.45, 7) is 5.60. The van der Waals surface area contributed by atoms with Crippen molar-refractivity contribution in [3.8, 4) is 0 Å². The number of carbonyl (C=O) groups is 1. The number of likely N-dealkylation sites (tertiary alicyclic amines) is 1. The molecule has 1 fully saturated rings. The molecule has 114 valence electrons. The quantitative estimate of drug-likeness (QED) is 0.926. The van der Waals surface area contributed by atoms with Crippen molar-refractivity contribution in [3.05, 3.63) is 29.3 Å². The lowest BCUT2D eigenvalue weighted by molar-refractivity contribution is -0.142. The summed E-state index contributed by atoms with van der Waals surface area (Å²) in [4.78, 5) is 15.8. The van der Waals surface area contributed by atoms with E-state index in [1.165, 1.54) is 23.2 Å². The zero-order chi connectivity index (χ0) is 15.0. The van der Waals surface area contributed by atoms with Crippen LogP contribution in [0.2, 0.25) is 0 Å². The number of aryl methyl sites for hydroxylation is 1. The van der Waals surface area contributed by atoms with Crippen LogP contribution in [0.3, 0.4) is 0 Å². The van der Waals surface area contributed by atoms with E-state index in [1.54, 1.807) is 0 Å². The molecular formula is C17H24N2O2. The Labute approximate surface area is 126 Å². The number of aliphatic carboxylic acids is 1. The van der Waals surface area contributed by atoms with Gasteiger partial charge in [0.2, 0.25) is 0 Å². The molecule has 4 nitrogen and oxygen atoms in total. The third kappa shape index (κ3) is 2.91. The highest BCUT2D eigenvalue weighted by atomic mass is 16.4. The maximum atomic E-state index is 11.2. The minimum Gasteiger partial charge on any atom is -0.481 e. The smallest absolute Gasteiger partial charge is 0.308 e. The lowest BCUT2D eigenvalue weighted by atomic mass is 9.99. The van der Waals surface area contributed by atoms with Crippen LogP contribution >= 0.6 is 0 Å². The van der Waals surface area contributed by atoms with Crippen molar-refractivity contribution < 1.29 is 9.90 Å². The fraction of sp³-hybridized carbons (Fsp3) is 0.588. The van der Waals surface area contributed by atoms with E-state index in [2.05, 4.69) is 35.0 Å². The van der Waals surface area contributed by atoms with Crippen LogP contribution in [0.5, 0.6) is 0 Å². The molecule has 4 heteroatoms. The van der Waals surface area contributed by atoms with Crippen molar-refractivity contribution in [2.75, 3.05) is 31.6 Å². The van der Waals surface area contributed by atoms with Crippen LogP contribution in [0.25, 0.3) is 0 Å². The second-order valence-corrected chi connectivity index (χ2v) is 6.60. The Bertz CT molecular complexity index is 544. The van der Waals surface area contributed by atoms with Crippen molar-refractivity contribution in [1.82, 2.24) is 4.90 Å². The molecule has 0 unspecified atom stereocenters. The first-order valence-electron chi connectivity index (χ1n) is 7.82. The van der Waals surface area contributed by atoms with Gasteiger partial charge in [-0.3, -0.25) is 9.69 Å². The number of benzene rings is 1. The zero-order valence-electron chi connectivity index (χ0n) is 12.9. The third-order valence-corrected chi connectivity index (χ3v) is 4.91. The highest BCUT2D eigenvalue weighted by Crippen LogP contribution is 2.29. The largest absolute Gasteiger partial charge is 0.481 e. The van der Waals surface area contributed by atoms with Gasteiger partial charge in [-0.2, -0.15) is 0 Å². The molecule has 0 aliphatic carbocycles. The van der Waals surface area contributed by atoms with Crippen LogP contribution in [-0.4, -0.2) is 42.7 Å². The number of anilines is 1. The summed E-state index contributed by atoms with van der Waals surface area (Å²) in [5.74, 6) is -0.628. The summed E-state index contributed by atoms with van der Waals surface area (Å²) in [5.41, 5.74) is 4.09. The molecule has 21 heavy (non-hydrogen) atoms. The molecule has 0 saturated carbocycles. The van der Waals surface area contributed by atoms with Crippen molar-refractivity contribution in [2.45, 2.75) is 26.3 Å². The molecule has 0 radical (unpaired) electrons. The van der Waals surface area contributed by atoms with Crippen molar-refractivity contribution in [3.63, 3.8) is 0 Å². The van der Waals surface area contributed by atoms with Crippen molar-refractivity contribution in [1.29, 1.82) is 0 Å². The van der Waals surface area contributed by atoms with Gasteiger partial charge in [0.25, 0.3) is 0 Å². The number of hydrogen-bond donors (Lipinski definition) is 1. The molecule has 2 aliphatic rings. The Hall–Kier alpha value is -1.55. The molecule has 0 amide bonds. The first-order valence-corrected chi connectivity index (χ1v) is 7.82. The second-order valence-electron chi connectivity index (χ2n) is 6.60. The molecule has 1 aromatic rings. The number of rotatable bonds is 3. The molecule has 0 spiro atoms. The van der Waals surface area contributed by atoms with Gasteiger partial charge in [-0.1, -0.05) is 19.1 Å². The molecule has 1 saturated heterocycles. The Morgan fingerprint density at radius 2 is 2.19 bits per heavy atom. The standard InChI is InChI=1S/C17H24N2O2/c1-12-9-19(11-15(12)17(20)21)10-13-5-6-16-14(8-13)4-3-7-18(16)2/h5-6,8,12,15H,3-4,7,9-11H2,1-2H3,(H,20,21)/t12-,15-/m1/s1. The first-order chi connectivity index (χ1) is 10.0. The Morgan fingerprint density at radius 1 is 1.38 bits per heavy atom. The normalized spacial score (nSPS) is 25.9. The predicted octanol–water partition coefficient (Wildman–Crippen LogP) is 2.22. The summed E-state index contributed by atoms with van der Waals surface area (Å²) in [6, 6.07) is 6.72. The van der Waals surface area contributed by atoms with E-state index in [4.69, 9.17) is 0 Å². The van der Waals surface area contributed by atoms with Gasteiger partial charge in [0.15, 0.2) is 0 Å². The van der Waals surface area contributed by atoms with E-state index in [9.17, 15) is 9.90 Å². The molecule has 3 rings (SSSR count). The average Bonchev–Trinajstić information content (AvgIpc) is 2.80. The Kier molecular flexibility index (Phi) is 3.89. The van der Waals surface area contributed by atoms with Gasteiger partial charge in [0.1, 0.15) is 0 Å². The summed E-state index contributed by atoms with van der Waals surface area (Å²) in [7, 11) is 2.15. The fourth-order valence-electron chi connectivity index (χ4n) is 3.71. The Morgan fingerprint density at radius 3 is 2.90 bits per heavy atom. The average molecular weight is 288 g/mol. The molecular weight excluding hydrogens is 264 g/mol. The predicted molar refractivity (Wildman–Crippen MR) is 83.6 cm³/mol. The molecule has 1 aromatic carbocycles. The number of carboxylic acids is 1. The number of nitrogens with zero attached hydrogens (tertiary/aromatic N) is 2. The maximum absolute atomic E-state index is 11.2. The van der Waals surface area contributed by atoms with Gasteiger partial charge in [-0.25, -0.2) is 0 Å². The topological polar surface area (TPSA) is 43.8 Å². The van der Waals surface area contributed by atoms with E-state index in [1.807, 2.05) is 6.92 Å². The molecule has 0 aromatic heterocycles. The van der Waals surface area contributed by atoms with Gasteiger partial charge in [0, 0.05) is 38.9 Å². The van der Waals surface area contributed by atoms with Crippen LogP contribution < -0.4 is 4.90 Å². The number of fused-ring (bicyclic) bond motifs is 1. The maximum Gasteiger partial charge on any atom is 0.308 e. The van der Waals surface area contributed by atoms with E-state index >= 15 is 0 Å². The summed E-state index contributed by atoms with van der Waals surface area (Å²) in [6.07, 6.45) is 2.37. The van der Waals surface area contributed by atoms with Crippen LogP contribution in [0.1, 0.15) is 24.5 Å². The van der Waals surface area contributed by atoms with E-state index < -0.39 is 5.97 Å². The summed E-state index contributed by atoms with van der Waals surface area (Å²) >= 11 is 0. The van der Waals surface area contributed by atoms with Gasteiger partial charge in [-0.05, 0) is 36.0 Å². The minimum atomic E-state index is -0.655. The van der Waals surface area contributed by atoms with Gasteiger partial charge >= 0.3 is 5.97 Å². The lowest BCUT2D eigenvalue weighted by Gasteiger charge is -2.28. The van der Waals surface area contributed by atoms with Crippen LogP contribution in [0.15, 0.2) is 18.2 Å². The molecule has 0 bridgehead atoms. The molecule has 2 heterocycles. The zero-order valence-corrected chi connectivity index (χ0v) is 12.9. The third-order valence-electron chi connectivity index (χ3n) is 4.91. The van der Waals surface area contributed by atoms with Crippen molar-refractivity contribution >= 4 is 11.7 Å². The Balaban J connectivity index is 1.70. The molecule has 2 aliphatic heterocycles. The van der Waals surface area contributed by atoms with Gasteiger partial charge in [0.05, 0.1) is 5.92 Å². The van der Waals surface area contributed by atoms with E-state index in [0.29, 0.717) is 6.54 Å². The van der Waals surface area contributed by atoms with Gasteiger partial charge in [-0.15, -0.1) is 0 Å². The second kappa shape index (κ2) is 5.68. The van der Waals surface area contributed by atoms with Crippen LogP contribution in [0, 0.1) is 11.8 Å². The molecule has 2 atom stereocenters. The van der Waals surface area contributed by atoms with Crippen molar-refractivity contribution in [2.24, 2.45) is 11.8 Å². The first kappa shape index (κ1) is 14.4. The van der Waals surface area contributed by atoms with E-state index in [-0.39, 0.29) is 11.8 Å². The highest BCUT2D eigenvalue weighted by molar-refractivity contribution is 5.71. The lowest BCUT2D eigenvalue weighted by Crippen LogP contribution is -2.25. The summed E-state index contributed by atoms with van der Waals surface area (Å²) < 4.78 is 0. The SMILES string of the molecule is C[C@@H]1CN(Cc2ccc3c(c2)CCCN3C)C[C@H]1C(=O)O. The monoisotopic (exact) mass is 288 g/mol. The summed E-state index contributed by atoms with van der Waals surface area (Å²) in [5, 5.41) is 9.22. The number of hydrogen-bond acceptors (Lipinski definition) is 3. The van der Waals surface area contributed by atoms with E-state index in [0.717, 1.165) is 26.1 Å². The number of carboxylic acid groups (broad SMARTS) is 1. The van der Waals surface area contributed by atoms with Gasteiger partial charge < -0.3 is 10.0 Å². The highest BCUT2D eigenvalue weighted by Gasteiger charge is 2.34. The van der Waals surface area contributed by atoms with Crippen LogP contribution in [-0.2, 0) is 17.8 Å². The minimum absolute atomic E-state index is 0.214. The fourth-order valence-corrected chi connectivity index (χ4v) is 3.71.